The van der Waals surface area contributed by atoms with Crippen LogP contribution in [-0.2, 0) is 22.7 Å². The molecule has 0 radical (unpaired) electrons. The van der Waals surface area contributed by atoms with Crippen LogP contribution in [0.25, 0.3) is 5.76 Å². The van der Waals surface area contributed by atoms with Gasteiger partial charge >= 0.3 is 0 Å². The van der Waals surface area contributed by atoms with Crippen molar-refractivity contribution < 1.29 is 33.9 Å². The van der Waals surface area contributed by atoms with Crippen molar-refractivity contribution in [3.8, 4) is 17.2 Å². The number of carbonyl (C=O) groups excluding carboxylic acids is 2. The highest BCUT2D eigenvalue weighted by molar-refractivity contribution is 6.46. The number of ether oxygens (including phenoxy) is 3. The molecule has 0 aliphatic carbocycles. The van der Waals surface area contributed by atoms with Crippen molar-refractivity contribution in [3.05, 3.63) is 125 Å². The Bertz CT molecular complexity index is 1600. The van der Waals surface area contributed by atoms with Crippen LogP contribution in [0.2, 0.25) is 0 Å². The summed E-state index contributed by atoms with van der Waals surface area (Å²) < 4.78 is 16.8. The van der Waals surface area contributed by atoms with Crippen LogP contribution >= 0.6 is 0 Å². The van der Waals surface area contributed by atoms with E-state index >= 15 is 0 Å². The van der Waals surface area contributed by atoms with Gasteiger partial charge in [-0.15, -0.1) is 0 Å². The molecule has 1 fully saturated rings. The third-order valence-corrected chi connectivity index (χ3v) is 7.07. The molecule has 5 rings (SSSR count). The maximum Gasteiger partial charge on any atom is 0.295 e. The number of aryl methyl sites for hydroxylation is 1. The average molecular weight is 551 g/mol. The number of likely N-dealkylation sites (tertiary alicyclic amines) is 1. The van der Waals surface area contributed by atoms with Gasteiger partial charge in [-0.25, -0.2) is 4.98 Å². The number of aromatic nitrogens is 1. The lowest BCUT2D eigenvalue weighted by atomic mass is 9.93. The Hall–Kier alpha value is -5.11. The van der Waals surface area contributed by atoms with Crippen LogP contribution < -0.4 is 24.3 Å². The number of aromatic amines is 1. The summed E-state index contributed by atoms with van der Waals surface area (Å²) in [4.78, 5) is 31.3. The van der Waals surface area contributed by atoms with Crippen LogP contribution in [-0.4, -0.2) is 30.8 Å². The number of H-pyrrole nitrogens is 1. The Morgan fingerprint density at radius 1 is 0.902 bits per heavy atom. The summed E-state index contributed by atoms with van der Waals surface area (Å²) in [7, 11) is 3.03. The van der Waals surface area contributed by atoms with Gasteiger partial charge in [0.05, 0.1) is 26.8 Å². The zero-order chi connectivity index (χ0) is 28.9. The van der Waals surface area contributed by atoms with E-state index in [1.807, 2.05) is 42.5 Å². The van der Waals surface area contributed by atoms with Gasteiger partial charge in [0, 0.05) is 17.2 Å². The molecule has 8 heteroatoms. The van der Waals surface area contributed by atoms with Crippen molar-refractivity contribution in [1.29, 1.82) is 0 Å². The first-order chi connectivity index (χ1) is 19.9. The molecule has 1 aliphatic rings. The first-order valence-corrected chi connectivity index (χ1v) is 13.1. The second-order valence-corrected chi connectivity index (χ2v) is 9.68. The van der Waals surface area contributed by atoms with E-state index in [1.54, 1.807) is 55.7 Å². The lowest BCUT2D eigenvalue weighted by molar-refractivity contribution is -0.378. The number of nitrogens with zero attached hydrogens (tertiary/aromatic N) is 1. The summed E-state index contributed by atoms with van der Waals surface area (Å²) in [6, 6.07) is 22.7. The minimum Gasteiger partial charge on any atom is -0.872 e. The van der Waals surface area contributed by atoms with Crippen LogP contribution in [0, 0.1) is 6.92 Å². The highest BCUT2D eigenvalue weighted by Crippen LogP contribution is 2.42. The van der Waals surface area contributed by atoms with Gasteiger partial charge in [-0.3, -0.25) is 9.59 Å². The Kier molecular flexibility index (Phi) is 8.01. The summed E-state index contributed by atoms with van der Waals surface area (Å²) in [6.45, 7) is 2.29. The lowest BCUT2D eigenvalue weighted by Gasteiger charge is -2.28. The van der Waals surface area contributed by atoms with Crippen molar-refractivity contribution in [2.75, 3.05) is 14.2 Å². The van der Waals surface area contributed by atoms with E-state index in [-0.39, 0.29) is 12.1 Å². The number of rotatable bonds is 9. The standard InChI is InChI=1S/C33H30N2O6/c1-21-16-25(41-20-22-8-5-4-6-9-22)12-13-26(21)31(36)29-30(24-11-14-27(39-2)28(17-24)40-3)35(33(38)32(29)37)19-23-10-7-15-34-18-23/h4-18,30,36H,19-20H2,1-3H3. The minimum absolute atomic E-state index is 0.108. The average Bonchev–Trinajstić information content (AvgIpc) is 3.25. The molecule has 0 bridgehead atoms. The molecule has 41 heavy (non-hydrogen) atoms. The predicted octanol–water partition coefficient (Wildman–Crippen LogP) is 3.83. The van der Waals surface area contributed by atoms with Crippen molar-refractivity contribution in [2.24, 2.45) is 0 Å². The van der Waals surface area contributed by atoms with Gasteiger partial charge in [-0.2, -0.15) is 0 Å². The quantitative estimate of drug-likeness (QED) is 0.178. The smallest absolute Gasteiger partial charge is 0.295 e. The predicted molar refractivity (Wildman–Crippen MR) is 150 cm³/mol. The van der Waals surface area contributed by atoms with Crippen LogP contribution in [0.5, 0.6) is 17.2 Å². The molecule has 1 unspecified atom stereocenters. The number of ketones is 1. The number of hydrogen-bond acceptors (Lipinski definition) is 6. The summed E-state index contributed by atoms with van der Waals surface area (Å²) in [5.41, 5.74) is 3.21. The molecule has 208 valence electrons. The number of Topliss-reactive ketones (excluding diaryl/α,β-unsaturated/α-hetero) is 1. The number of amides is 1. The molecule has 1 N–H and O–H groups in total. The summed E-state index contributed by atoms with van der Waals surface area (Å²) >= 11 is 0. The molecule has 1 atom stereocenters. The van der Waals surface area contributed by atoms with Gasteiger partial charge in [0.1, 0.15) is 12.4 Å². The summed E-state index contributed by atoms with van der Waals surface area (Å²) in [5, 5.41) is 14.0. The molecule has 0 spiro atoms. The van der Waals surface area contributed by atoms with E-state index in [9.17, 15) is 14.7 Å². The molecule has 0 saturated carbocycles. The van der Waals surface area contributed by atoms with E-state index in [1.165, 1.54) is 19.1 Å². The van der Waals surface area contributed by atoms with Crippen LogP contribution in [0.15, 0.2) is 96.8 Å². The Morgan fingerprint density at radius 2 is 1.66 bits per heavy atom. The zero-order valence-corrected chi connectivity index (χ0v) is 23.0. The fraction of sp³-hybridized carbons (Fsp3) is 0.182. The van der Waals surface area contributed by atoms with Crippen molar-refractivity contribution >= 4 is 17.4 Å². The number of methoxy groups -OCH3 is 2. The molecule has 2 heterocycles. The number of benzene rings is 3. The van der Waals surface area contributed by atoms with Gasteiger partial charge in [0.2, 0.25) is 5.78 Å². The Balaban J connectivity index is 1.56. The number of nitrogens with one attached hydrogen (secondary N) is 1. The molecule has 8 nitrogen and oxygen atoms in total. The van der Waals surface area contributed by atoms with Crippen molar-refractivity contribution in [3.63, 3.8) is 0 Å². The third-order valence-electron chi connectivity index (χ3n) is 7.07. The number of pyridine rings is 1. The Labute approximate surface area is 238 Å². The molecule has 1 saturated heterocycles. The van der Waals surface area contributed by atoms with Crippen LogP contribution in [0.3, 0.4) is 0 Å². The van der Waals surface area contributed by atoms with E-state index in [0.29, 0.717) is 40.5 Å². The first kappa shape index (κ1) is 27.5. The zero-order valence-electron chi connectivity index (χ0n) is 23.0. The summed E-state index contributed by atoms with van der Waals surface area (Å²) in [6.07, 6.45) is 3.50. The second-order valence-electron chi connectivity index (χ2n) is 9.68. The van der Waals surface area contributed by atoms with E-state index in [4.69, 9.17) is 14.2 Å². The van der Waals surface area contributed by atoms with E-state index in [2.05, 4.69) is 4.98 Å². The van der Waals surface area contributed by atoms with Gasteiger partial charge in [-0.05, 0) is 59.5 Å². The Morgan fingerprint density at radius 3 is 2.34 bits per heavy atom. The molecule has 3 aromatic carbocycles. The summed E-state index contributed by atoms with van der Waals surface area (Å²) in [5.74, 6) is -0.549. The van der Waals surface area contributed by atoms with Crippen LogP contribution in [0.4, 0.5) is 0 Å². The van der Waals surface area contributed by atoms with Crippen LogP contribution in [0.1, 0.15) is 33.9 Å². The van der Waals surface area contributed by atoms with Gasteiger partial charge in [-0.1, -0.05) is 48.2 Å². The SMILES string of the molecule is COc1ccc(C2C(=C([O-])c3ccc(OCc4ccccc4)cc3C)C(=O)C(=O)N2Cc2ccc[nH+]c2)cc1OC. The van der Waals surface area contributed by atoms with E-state index < -0.39 is 23.5 Å². The fourth-order valence-electron chi connectivity index (χ4n) is 5.00. The third kappa shape index (κ3) is 5.63. The van der Waals surface area contributed by atoms with E-state index in [0.717, 1.165) is 11.1 Å². The molecule has 1 aromatic heterocycles. The maximum absolute atomic E-state index is 14.0. The fourth-order valence-corrected chi connectivity index (χ4v) is 5.00. The van der Waals surface area contributed by atoms with Gasteiger partial charge in [0.15, 0.2) is 23.9 Å². The molecule has 1 amide bonds. The normalized spacial score (nSPS) is 16.1. The minimum atomic E-state index is -0.920. The highest BCUT2D eigenvalue weighted by Gasteiger charge is 2.44. The van der Waals surface area contributed by atoms with Gasteiger partial charge < -0.3 is 24.2 Å². The highest BCUT2D eigenvalue weighted by atomic mass is 16.5. The largest absolute Gasteiger partial charge is 0.872 e. The molecular weight excluding hydrogens is 520 g/mol. The number of hydrogen-bond donors (Lipinski definition) is 0. The topological polar surface area (TPSA) is 102 Å². The monoisotopic (exact) mass is 550 g/mol. The second kappa shape index (κ2) is 12.0. The molecule has 1 aliphatic heterocycles. The van der Waals surface area contributed by atoms with Crippen molar-refractivity contribution in [2.45, 2.75) is 26.1 Å². The number of carbonyl (C=O) groups is 2. The molecule has 4 aromatic rings. The maximum atomic E-state index is 14.0. The first-order valence-electron chi connectivity index (χ1n) is 13.1. The van der Waals surface area contributed by atoms with Gasteiger partial charge in [0.25, 0.3) is 5.91 Å². The lowest BCUT2D eigenvalue weighted by Crippen LogP contribution is -2.29. The molecular formula is C33H30N2O6. The van der Waals surface area contributed by atoms with Crippen molar-refractivity contribution in [1.82, 2.24) is 4.90 Å².